The monoisotopic (exact) mass is 397 g/mol. The van der Waals surface area contributed by atoms with Crippen molar-refractivity contribution < 1.29 is 22.7 Å². The van der Waals surface area contributed by atoms with Crippen molar-refractivity contribution >= 4 is 17.7 Å². The van der Waals surface area contributed by atoms with E-state index in [9.17, 15) is 13.6 Å². The molecule has 2 aromatic rings. The topological polar surface area (TPSA) is 68.5 Å². The van der Waals surface area contributed by atoms with Gasteiger partial charge in [-0.05, 0) is 49.9 Å². The highest BCUT2D eigenvalue weighted by Gasteiger charge is 2.26. The number of aromatic nitrogens is 2. The fourth-order valence-corrected chi connectivity index (χ4v) is 3.61. The van der Waals surface area contributed by atoms with Gasteiger partial charge in [0.25, 0.3) is 5.22 Å². The Morgan fingerprint density at radius 1 is 1.26 bits per heavy atom. The molecule has 1 fully saturated rings. The van der Waals surface area contributed by atoms with Crippen LogP contribution in [0.5, 0.6) is 5.75 Å². The molecule has 1 aromatic carbocycles. The van der Waals surface area contributed by atoms with E-state index >= 15 is 0 Å². The van der Waals surface area contributed by atoms with E-state index in [1.54, 1.807) is 12.1 Å². The molecule has 0 spiro atoms. The van der Waals surface area contributed by atoms with Crippen LogP contribution in [0.1, 0.15) is 26.7 Å². The Labute approximate surface area is 160 Å². The predicted octanol–water partition coefficient (Wildman–Crippen LogP) is 4.08. The Bertz CT molecular complexity index is 761. The van der Waals surface area contributed by atoms with Crippen LogP contribution >= 0.6 is 11.8 Å². The first-order valence-electron chi connectivity index (χ1n) is 8.76. The zero-order valence-corrected chi connectivity index (χ0v) is 15.9. The zero-order valence-electron chi connectivity index (χ0n) is 15.1. The van der Waals surface area contributed by atoms with Crippen LogP contribution < -0.4 is 4.74 Å². The van der Waals surface area contributed by atoms with Crippen LogP contribution in [0, 0.1) is 5.92 Å². The molecule has 1 aliphatic rings. The maximum Gasteiger partial charge on any atom is 0.387 e. The van der Waals surface area contributed by atoms with Gasteiger partial charge in [-0.2, -0.15) is 8.78 Å². The summed E-state index contributed by atoms with van der Waals surface area (Å²) in [5.74, 6) is 1.04. The van der Waals surface area contributed by atoms with Crippen molar-refractivity contribution in [2.75, 3.05) is 13.1 Å². The minimum Gasteiger partial charge on any atom is -0.435 e. The van der Waals surface area contributed by atoms with Crippen molar-refractivity contribution in [3.05, 3.63) is 24.3 Å². The molecule has 1 saturated heterocycles. The number of rotatable bonds is 6. The molecule has 9 heteroatoms. The molecule has 1 aliphatic heterocycles. The summed E-state index contributed by atoms with van der Waals surface area (Å²) < 4.78 is 34.3. The number of carbonyl (C=O) groups excluding carboxylic acids is 1. The number of carbonyl (C=O) groups is 1. The summed E-state index contributed by atoms with van der Waals surface area (Å²) in [5.41, 5.74) is 0.583. The molecular weight excluding hydrogens is 376 g/mol. The van der Waals surface area contributed by atoms with Crippen molar-refractivity contribution in [1.29, 1.82) is 0 Å². The lowest BCUT2D eigenvalue weighted by molar-refractivity contribution is -0.131. The molecule has 0 N–H and O–H groups in total. The van der Waals surface area contributed by atoms with Crippen LogP contribution in [-0.2, 0) is 4.79 Å². The Morgan fingerprint density at radius 2 is 1.93 bits per heavy atom. The van der Waals surface area contributed by atoms with Crippen molar-refractivity contribution in [3.8, 4) is 17.2 Å². The van der Waals surface area contributed by atoms with Crippen LogP contribution in [-0.4, -0.2) is 46.0 Å². The minimum absolute atomic E-state index is 0.0536. The normalized spacial score (nSPS) is 16.6. The van der Waals surface area contributed by atoms with Crippen LogP contribution in [0.2, 0.25) is 0 Å². The number of ether oxygens (including phenoxy) is 1. The molecule has 0 aliphatic carbocycles. The van der Waals surface area contributed by atoms with Gasteiger partial charge in [0.2, 0.25) is 11.8 Å². The molecule has 1 unspecified atom stereocenters. The summed E-state index contributed by atoms with van der Waals surface area (Å²) in [7, 11) is 0. The maximum absolute atomic E-state index is 12.6. The van der Waals surface area contributed by atoms with Gasteiger partial charge in [0.15, 0.2) is 0 Å². The SMILES string of the molecule is CC1CCN(C(=O)C(C)Sc2nnc(-c3ccc(OC(F)F)cc3)o2)CC1. The van der Waals surface area contributed by atoms with Crippen molar-refractivity contribution in [2.24, 2.45) is 5.92 Å². The van der Waals surface area contributed by atoms with Crippen molar-refractivity contribution in [3.63, 3.8) is 0 Å². The average Bonchev–Trinajstić information content (AvgIpc) is 3.10. The van der Waals surface area contributed by atoms with E-state index in [4.69, 9.17) is 4.42 Å². The number of likely N-dealkylation sites (tertiary alicyclic amines) is 1. The number of piperidine rings is 1. The quantitative estimate of drug-likeness (QED) is 0.685. The molecule has 0 bridgehead atoms. The summed E-state index contributed by atoms with van der Waals surface area (Å²) >= 11 is 1.22. The predicted molar refractivity (Wildman–Crippen MR) is 96.7 cm³/mol. The second-order valence-electron chi connectivity index (χ2n) is 6.54. The number of hydrogen-bond acceptors (Lipinski definition) is 6. The lowest BCUT2D eigenvalue weighted by Crippen LogP contribution is -2.41. The number of hydrogen-bond donors (Lipinski definition) is 0. The highest BCUT2D eigenvalue weighted by molar-refractivity contribution is 8.00. The minimum atomic E-state index is -2.87. The molecule has 1 aromatic heterocycles. The van der Waals surface area contributed by atoms with Gasteiger partial charge in [0.05, 0.1) is 5.25 Å². The van der Waals surface area contributed by atoms with Gasteiger partial charge in [0.1, 0.15) is 5.75 Å². The number of alkyl halides is 2. The van der Waals surface area contributed by atoms with Gasteiger partial charge in [-0.15, -0.1) is 10.2 Å². The van der Waals surface area contributed by atoms with Crippen LogP contribution in [0.15, 0.2) is 33.9 Å². The van der Waals surface area contributed by atoms with Crippen LogP contribution in [0.4, 0.5) is 8.78 Å². The summed E-state index contributed by atoms with van der Waals surface area (Å²) in [5, 5.41) is 7.90. The highest BCUT2D eigenvalue weighted by Crippen LogP contribution is 2.29. The van der Waals surface area contributed by atoms with Crippen LogP contribution in [0.3, 0.4) is 0 Å². The van der Waals surface area contributed by atoms with E-state index in [2.05, 4.69) is 21.9 Å². The smallest absolute Gasteiger partial charge is 0.387 e. The van der Waals surface area contributed by atoms with E-state index in [-0.39, 0.29) is 22.8 Å². The van der Waals surface area contributed by atoms with Gasteiger partial charge < -0.3 is 14.1 Å². The lowest BCUT2D eigenvalue weighted by atomic mass is 9.99. The highest BCUT2D eigenvalue weighted by atomic mass is 32.2. The Hall–Kier alpha value is -2.16. The average molecular weight is 397 g/mol. The van der Waals surface area contributed by atoms with E-state index in [0.717, 1.165) is 25.9 Å². The third-order valence-corrected chi connectivity index (χ3v) is 5.38. The first kappa shape index (κ1) is 19.6. The summed E-state index contributed by atoms with van der Waals surface area (Å²) in [6.07, 6.45) is 2.05. The van der Waals surface area contributed by atoms with Gasteiger partial charge in [0, 0.05) is 18.7 Å². The van der Waals surface area contributed by atoms with Gasteiger partial charge >= 0.3 is 6.61 Å². The Balaban J connectivity index is 1.59. The van der Waals surface area contributed by atoms with Crippen molar-refractivity contribution in [1.82, 2.24) is 15.1 Å². The second kappa shape index (κ2) is 8.69. The van der Waals surface area contributed by atoms with Gasteiger partial charge in [-0.1, -0.05) is 18.7 Å². The van der Waals surface area contributed by atoms with E-state index < -0.39 is 6.61 Å². The number of thioether (sulfide) groups is 1. The maximum atomic E-state index is 12.6. The molecular formula is C18H21F2N3O3S. The van der Waals surface area contributed by atoms with Crippen LogP contribution in [0.25, 0.3) is 11.5 Å². The first-order valence-corrected chi connectivity index (χ1v) is 9.64. The van der Waals surface area contributed by atoms with E-state index in [1.807, 2.05) is 11.8 Å². The molecule has 6 nitrogen and oxygen atoms in total. The molecule has 27 heavy (non-hydrogen) atoms. The van der Waals surface area contributed by atoms with E-state index in [1.165, 1.54) is 23.9 Å². The fraction of sp³-hybridized carbons (Fsp3) is 0.500. The third kappa shape index (κ3) is 5.18. The largest absolute Gasteiger partial charge is 0.435 e. The Morgan fingerprint density at radius 3 is 2.56 bits per heavy atom. The van der Waals surface area contributed by atoms with Gasteiger partial charge in [-0.3, -0.25) is 4.79 Å². The number of halogens is 2. The Kier molecular flexibility index (Phi) is 6.30. The van der Waals surface area contributed by atoms with Crippen molar-refractivity contribution in [2.45, 2.75) is 43.8 Å². The molecule has 146 valence electrons. The van der Waals surface area contributed by atoms with Gasteiger partial charge in [-0.25, -0.2) is 0 Å². The lowest BCUT2D eigenvalue weighted by Gasteiger charge is -2.31. The summed E-state index contributed by atoms with van der Waals surface area (Å²) in [6.45, 7) is 2.72. The molecule has 2 heterocycles. The fourth-order valence-electron chi connectivity index (χ4n) is 2.84. The second-order valence-corrected chi connectivity index (χ2v) is 7.84. The molecule has 0 saturated carbocycles. The standard InChI is InChI=1S/C18H21F2N3O3S/c1-11-7-9-23(10-8-11)16(24)12(2)27-18-22-21-15(26-18)13-3-5-14(6-4-13)25-17(19)20/h3-6,11-12,17H,7-10H2,1-2H3. The summed E-state index contributed by atoms with van der Waals surface area (Å²) in [4.78, 5) is 14.4. The zero-order chi connectivity index (χ0) is 19.4. The molecule has 1 amide bonds. The number of benzene rings is 1. The molecule has 3 rings (SSSR count). The first-order chi connectivity index (χ1) is 12.9. The number of nitrogens with zero attached hydrogens (tertiary/aromatic N) is 3. The summed E-state index contributed by atoms with van der Waals surface area (Å²) in [6, 6.07) is 5.93. The third-order valence-electron chi connectivity index (χ3n) is 4.45. The van der Waals surface area contributed by atoms with E-state index in [0.29, 0.717) is 16.7 Å². The number of amides is 1. The molecule has 0 radical (unpaired) electrons. The molecule has 1 atom stereocenters.